The molecule has 0 amide bonds. The minimum atomic E-state index is -0.0909. The maximum absolute atomic E-state index is 13.0. The van der Waals surface area contributed by atoms with E-state index in [4.69, 9.17) is 11.6 Å². The first-order valence-electron chi connectivity index (χ1n) is 10.5. The Morgan fingerprint density at radius 3 is 2.53 bits per heavy atom. The fraction of sp³-hybridized carbons (Fsp3) is 0.0769. The standard InChI is InChI=1S/C26H21ClN4O/c27-21-13-7-8-14-22(21)30-25-15-23-20(17-28-25)24(32)16-26(29-18-9-3-1-4-10-18)31(23)19-11-5-2-6-12-19/h2-3,5-17,29H,1,4H2,(H,28,30). The second kappa shape index (κ2) is 8.73. The zero-order valence-corrected chi connectivity index (χ0v) is 18.0. The van der Waals surface area contributed by atoms with Gasteiger partial charge in [0.2, 0.25) is 0 Å². The molecular weight excluding hydrogens is 420 g/mol. The molecule has 2 heterocycles. The van der Waals surface area contributed by atoms with Gasteiger partial charge in [0.15, 0.2) is 5.43 Å². The molecule has 1 aliphatic carbocycles. The molecule has 2 aromatic heterocycles. The summed E-state index contributed by atoms with van der Waals surface area (Å²) in [6, 6.07) is 21.0. The Labute approximate surface area is 190 Å². The van der Waals surface area contributed by atoms with Crippen molar-refractivity contribution in [3.05, 3.63) is 112 Å². The van der Waals surface area contributed by atoms with Gasteiger partial charge >= 0.3 is 0 Å². The molecule has 0 fully saturated rings. The number of allylic oxidation sites excluding steroid dienone is 3. The van der Waals surface area contributed by atoms with Gasteiger partial charge in [0, 0.05) is 29.7 Å². The van der Waals surface area contributed by atoms with Crippen molar-refractivity contribution in [3.8, 4) is 5.69 Å². The molecule has 0 saturated carbocycles. The minimum Gasteiger partial charge on any atom is -0.342 e. The zero-order valence-electron chi connectivity index (χ0n) is 17.3. The molecule has 0 bridgehead atoms. The topological polar surface area (TPSA) is 59.0 Å². The molecular formula is C26H21ClN4O. The van der Waals surface area contributed by atoms with E-state index in [1.165, 1.54) is 0 Å². The lowest BCUT2D eigenvalue weighted by molar-refractivity contribution is 1.01. The molecule has 32 heavy (non-hydrogen) atoms. The van der Waals surface area contributed by atoms with E-state index in [1.54, 1.807) is 12.3 Å². The number of nitrogens with one attached hydrogen (secondary N) is 2. The summed E-state index contributed by atoms with van der Waals surface area (Å²) in [4.78, 5) is 17.4. The van der Waals surface area contributed by atoms with Gasteiger partial charge in [0.05, 0.1) is 21.6 Å². The summed E-state index contributed by atoms with van der Waals surface area (Å²) < 4.78 is 2.04. The maximum Gasteiger partial charge on any atom is 0.193 e. The molecule has 0 unspecified atom stereocenters. The van der Waals surface area contributed by atoms with E-state index >= 15 is 0 Å². The van der Waals surface area contributed by atoms with Crippen molar-refractivity contribution in [2.45, 2.75) is 12.8 Å². The smallest absolute Gasteiger partial charge is 0.193 e. The normalized spacial score (nSPS) is 13.1. The molecule has 0 spiro atoms. The van der Waals surface area contributed by atoms with Gasteiger partial charge in [-0.05, 0) is 43.2 Å². The van der Waals surface area contributed by atoms with Gasteiger partial charge in [-0.3, -0.25) is 9.36 Å². The summed E-state index contributed by atoms with van der Waals surface area (Å²) >= 11 is 6.31. The van der Waals surface area contributed by atoms with Crippen LogP contribution in [-0.4, -0.2) is 9.55 Å². The number of hydrogen-bond donors (Lipinski definition) is 2. The highest BCUT2D eigenvalue weighted by molar-refractivity contribution is 6.33. The molecule has 0 saturated heterocycles. The summed E-state index contributed by atoms with van der Waals surface area (Å²) in [5.74, 6) is 1.30. The molecule has 2 N–H and O–H groups in total. The number of benzene rings is 2. The maximum atomic E-state index is 13.0. The average Bonchev–Trinajstić information content (AvgIpc) is 2.82. The summed E-state index contributed by atoms with van der Waals surface area (Å²) in [6.45, 7) is 0. The molecule has 4 aromatic rings. The summed E-state index contributed by atoms with van der Waals surface area (Å²) in [5, 5.41) is 7.83. The van der Waals surface area contributed by atoms with Crippen molar-refractivity contribution in [1.29, 1.82) is 0 Å². The summed E-state index contributed by atoms with van der Waals surface area (Å²) in [7, 11) is 0. The number of pyridine rings is 2. The number of aromatic nitrogens is 2. The van der Waals surface area contributed by atoms with E-state index in [9.17, 15) is 4.79 Å². The van der Waals surface area contributed by atoms with Crippen LogP contribution >= 0.6 is 11.6 Å². The van der Waals surface area contributed by atoms with E-state index < -0.39 is 0 Å². The van der Waals surface area contributed by atoms with Crippen LogP contribution in [0.1, 0.15) is 12.8 Å². The van der Waals surface area contributed by atoms with Crippen LogP contribution < -0.4 is 16.1 Å². The van der Waals surface area contributed by atoms with Gasteiger partial charge in [-0.15, -0.1) is 0 Å². The number of hydrogen-bond acceptors (Lipinski definition) is 4. The van der Waals surface area contributed by atoms with Crippen molar-refractivity contribution >= 4 is 39.8 Å². The molecule has 1 aliphatic rings. The Balaban J connectivity index is 1.69. The predicted molar refractivity (Wildman–Crippen MR) is 132 cm³/mol. The minimum absolute atomic E-state index is 0.0909. The number of para-hydroxylation sites is 2. The van der Waals surface area contributed by atoms with Crippen LogP contribution in [0.5, 0.6) is 0 Å². The van der Waals surface area contributed by atoms with Crippen LogP contribution in [0.3, 0.4) is 0 Å². The third kappa shape index (κ3) is 4.03. The number of fused-ring (bicyclic) bond motifs is 1. The number of rotatable bonds is 5. The van der Waals surface area contributed by atoms with Gasteiger partial charge < -0.3 is 10.6 Å². The lowest BCUT2D eigenvalue weighted by atomic mass is 10.1. The summed E-state index contributed by atoms with van der Waals surface area (Å²) in [5.41, 5.74) is 3.32. The summed E-state index contributed by atoms with van der Waals surface area (Å²) in [6.07, 6.45) is 9.92. The van der Waals surface area contributed by atoms with Gasteiger partial charge in [-0.2, -0.15) is 0 Å². The number of nitrogens with zero attached hydrogens (tertiary/aromatic N) is 2. The molecule has 5 rings (SSSR count). The van der Waals surface area contributed by atoms with Gasteiger partial charge in [0.1, 0.15) is 11.6 Å². The SMILES string of the molecule is O=c1cc(NC2=CCCC=C2)n(-c2ccccc2)c2cc(Nc3ccccc3Cl)ncc12. The van der Waals surface area contributed by atoms with Crippen molar-refractivity contribution in [3.63, 3.8) is 0 Å². The van der Waals surface area contributed by atoms with E-state index in [-0.39, 0.29) is 5.43 Å². The Morgan fingerprint density at radius 2 is 1.75 bits per heavy atom. The fourth-order valence-electron chi connectivity index (χ4n) is 3.79. The van der Waals surface area contributed by atoms with Gasteiger partial charge in [0.25, 0.3) is 0 Å². The van der Waals surface area contributed by atoms with Crippen LogP contribution in [0.4, 0.5) is 17.3 Å². The lowest BCUT2D eigenvalue weighted by Crippen LogP contribution is -2.15. The molecule has 2 aromatic carbocycles. The monoisotopic (exact) mass is 440 g/mol. The Bertz CT molecular complexity index is 1410. The highest BCUT2D eigenvalue weighted by atomic mass is 35.5. The van der Waals surface area contributed by atoms with Crippen LogP contribution in [0.2, 0.25) is 5.02 Å². The Morgan fingerprint density at radius 1 is 0.938 bits per heavy atom. The van der Waals surface area contributed by atoms with Crippen molar-refractivity contribution in [2.24, 2.45) is 0 Å². The van der Waals surface area contributed by atoms with Crippen LogP contribution in [0, 0.1) is 0 Å². The largest absolute Gasteiger partial charge is 0.342 e. The molecule has 0 aliphatic heterocycles. The molecule has 158 valence electrons. The molecule has 0 radical (unpaired) electrons. The molecule has 0 atom stereocenters. The van der Waals surface area contributed by atoms with Crippen LogP contribution in [0.15, 0.2) is 102 Å². The third-order valence-corrected chi connectivity index (χ3v) is 5.65. The first kappa shape index (κ1) is 20.1. The fourth-order valence-corrected chi connectivity index (χ4v) is 3.97. The third-order valence-electron chi connectivity index (χ3n) is 5.32. The van der Waals surface area contributed by atoms with E-state index in [0.29, 0.717) is 22.0 Å². The quantitative estimate of drug-likeness (QED) is 0.375. The van der Waals surface area contributed by atoms with Crippen molar-refractivity contribution < 1.29 is 0 Å². The number of anilines is 3. The first-order chi connectivity index (χ1) is 15.7. The van der Waals surface area contributed by atoms with Crippen LogP contribution in [0.25, 0.3) is 16.6 Å². The van der Waals surface area contributed by atoms with Gasteiger partial charge in [-0.1, -0.05) is 54.1 Å². The molecule has 5 nitrogen and oxygen atoms in total. The van der Waals surface area contributed by atoms with Crippen molar-refractivity contribution in [2.75, 3.05) is 10.6 Å². The highest BCUT2D eigenvalue weighted by Gasteiger charge is 2.14. The zero-order chi connectivity index (χ0) is 21.9. The average molecular weight is 441 g/mol. The van der Waals surface area contributed by atoms with Crippen molar-refractivity contribution in [1.82, 2.24) is 9.55 Å². The second-order valence-corrected chi connectivity index (χ2v) is 7.93. The second-order valence-electron chi connectivity index (χ2n) is 7.52. The van der Waals surface area contributed by atoms with E-state index in [2.05, 4.69) is 27.8 Å². The lowest BCUT2D eigenvalue weighted by Gasteiger charge is -2.20. The highest BCUT2D eigenvalue weighted by Crippen LogP contribution is 2.28. The molecule has 6 heteroatoms. The Hall–Kier alpha value is -3.83. The van der Waals surface area contributed by atoms with Crippen LogP contribution in [-0.2, 0) is 0 Å². The van der Waals surface area contributed by atoms with E-state index in [1.807, 2.05) is 71.3 Å². The predicted octanol–water partition coefficient (Wildman–Crippen LogP) is 6.43. The number of halogens is 1. The first-order valence-corrected chi connectivity index (χ1v) is 10.8. The van der Waals surface area contributed by atoms with E-state index in [0.717, 1.165) is 35.4 Å². The Kier molecular flexibility index (Phi) is 5.48. The van der Waals surface area contributed by atoms with Gasteiger partial charge in [-0.25, -0.2) is 4.98 Å².